The van der Waals surface area contributed by atoms with Crippen molar-refractivity contribution in [2.45, 2.75) is 31.8 Å². The fourth-order valence-corrected chi connectivity index (χ4v) is 2.83. The summed E-state index contributed by atoms with van der Waals surface area (Å²) in [7, 11) is 1.92. The predicted molar refractivity (Wildman–Crippen MR) is 75.0 cm³/mol. The van der Waals surface area contributed by atoms with E-state index in [1.54, 1.807) is 12.3 Å². The molecule has 2 atom stereocenters. The van der Waals surface area contributed by atoms with E-state index in [1.165, 1.54) is 12.0 Å². The molecule has 5 nitrogen and oxygen atoms in total. The Morgan fingerprint density at radius 2 is 2.45 bits per heavy atom. The largest absolute Gasteiger partial charge is 0.372 e. The minimum absolute atomic E-state index is 0.0374. The molecule has 1 aliphatic carbocycles. The topological polar surface area (TPSA) is 56.1 Å². The number of amides is 1. The monoisotopic (exact) mass is 275 g/mol. The lowest BCUT2D eigenvalue weighted by Crippen LogP contribution is -2.30. The van der Waals surface area contributed by atoms with Gasteiger partial charge in [0.25, 0.3) is 0 Å². The summed E-state index contributed by atoms with van der Waals surface area (Å²) in [4.78, 5) is 11.8. The molecule has 1 aliphatic heterocycles. The molecule has 2 fully saturated rings. The van der Waals surface area contributed by atoms with Crippen molar-refractivity contribution in [2.24, 2.45) is 13.0 Å². The van der Waals surface area contributed by atoms with Gasteiger partial charge in [-0.3, -0.25) is 9.48 Å². The molecule has 2 heterocycles. The van der Waals surface area contributed by atoms with Gasteiger partial charge in [-0.05, 0) is 31.7 Å². The molecule has 0 radical (unpaired) electrons. The first kappa shape index (κ1) is 13.4. The molecule has 1 saturated heterocycles. The third-order valence-electron chi connectivity index (χ3n) is 4.23. The second-order valence-electron chi connectivity index (χ2n) is 5.62. The summed E-state index contributed by atoms with van der Waals surface area (Å²) in [5, 5.41) is 7.20. The highest BCUT2D eigenvalue weighted by Gasteiger charge is 2.31. The number of ether oxygens (including phenoxy) is 1. The maximum atomic E-state index is 11.8. The zero-order valence-corrected chi connectivity index (χ0v) is 11.8. The standard InChI is InChI=1S/C15H21N3O2/c1-18-13(5-7-17-18)15-12(6-8-20-15)10-16-14(19)9-11-3-2-4-11/h5,7,9,12,15H,2-4,6,8,10H2,1H3,(H,16,19)/t12-,15+/m0/s1. The minimum Gasteiger partial charge on any atom is -0.372 e. The summed E-state index contributed by atoms with van der Waals surface area (Å²) in [6, 6.07) is 1.99. The van der Waals surface area contributed by atoms with E-state index in [9.17, 15) is 4.79 Å². The quantitative estimate of drug-likeness (QED) is 0.851. The molecule has 0 spiro atoms. The molecule has 1 aromatic rings. The summed E-state index contributed by atoms with van der Waals surface area (Å²) >= 11 is 0. The summed E-state index contributed by atoms with van der Waals surface area (Å²) in [5.41, 5.74) is 2.35. The van der Waals surface area contributed by atoms with Gasteiger partial charge in [0.15, 0.2) is 0 Å². The van der Waals surface area contributed by atoms with Gasteiger partial charge in [-0.1, -0.05) is 5.57 Å². The van der Waals surface area contributed by atoms with Gasteiger partial charge in [-0.25, -0.2) is 0 Å². The van der Waals surface area contributed by atoms with Gasteiger partial charge >= 0.3 is 0 Å². The van der Waals surface area contributed by atoms with Gasteiger partial charge in [-0.15, -0.1) is 0 Å². The summed E-state index contributed by atoms with van der Waals surface area (Å²) in [5.74, 6) is 0.365. The molecular weight excluding hydrogens is 254 g/mol. The van der Waals surface area contributed by atoms with Crippen molar-refractivity contribution in [3.63, 3.8) is 0 Å². The average Bonchev–Trinajstić information content (AvgIpc) is 2.99. The van der Waals surface area contributed by atoms with E-state index < -0.39 is 0 Å². The lowest BCUT2D eigenvalue weighted by Gasteiger charge is -2.19. The molecule has 1 aromatic heterocycles. The number of rotatable bonds is 4. The van der Waals surface area contributed by atoms with Crippen LogP contribution in [0.1, 0.15) is 37.5 Å². The zero-order chi connectivity index (χ0) is 13.9. The number of carbonyl (C=O) groups is 1. The Kier molecular flexibility index (Phi) is 3.87. The van der Waals surface area contributed by atoms with Gasteiger partial charge in [-0.2, -0.15) is 5.10 Å². The van der Waals surface area contributed by atoms with Crippen LogP contribution in [0.2, 0.25) is 0 Å². The molecule has 20 heavy (non-hydrogen) atoms. The molecule has 1 amide bonds. The SMILES string of the molecule is Cn1nccc1[C@@H]1OCC[C@H]1CNC(=O)C=C1CCC1. The number of aryl methyl sites for hydroxylation is 1. The van der Waals surface area contributed by atoms with Crippen LogP contribution in [0.15, 0.2) is 23.9 Å². The fourth-order valence-electron chi connectivity index (χ4n) is 2.83. The first-order chi connectivity index (χ1) is 9.74. The van der Waals surface area contributed by atoms with Crippen molar-refractivity contribution in [3.8, 4) is 0 Å². The molecule has 0 aromatic carbocycles. The first-order valence-corrected chi connectivity index (χ1v) is 7.31. The molecule has 5 heteroatoms. The summed E-state index contributed by atoms with van der Waals surface area (Å²) < 4.78 is 7.66. The number of carbonyl (C=O) groups excluding carboxylic acids is 1. The Morgan fingerprint density at radius 1 is 1.60 bits per heavy atom. The van der Waals surface area contributed by atoms with Gasteiger partial charge in [0.1, 0.15) is 6.10 Å². The molecule has 1 N–H and O–H groups in total. The lowest BCUT2D eigenvalue weighted by atomic mass is 9.92. The Morgan fingerprint density at radius 3 is 3.10 bits per heavy atom. The highest BCUT2D eigenvalue weighted by atomic mass is 16.5. The van der Waals surface area contributed by atoms with Crippen LogP contribution in [0.5, 0.6) is 0 Å². The molecule has 2 aliphatic rings. The summed E-state index contributed by atoms with van der Waals surface area (Å²) in [6.45, 7) is 1.41. The van der Waals surface area contributed by atoms with E-state index in [1.807, 2.05) is 17.8 Å². The third-order valence-corrected chi connectivity index (χ3v) is 4.23. The highest BCUT2D eigenvalue weighted by molar-refractivity contribution is 5.88. The maximum absolute atomic E-state index is 11.8. The smallest absolute Gasteiger partial charge is 0.243 e. The molecule has 1 saturated carbocycles. The Balaban J connectivity index is 1.56. The zero-order valence-electron chi connectivity index (χ0n) is 11.8. The number of nitrogens with zero attached hydrogens (tertiary/aromatic N) is 2. The van der Waals surface area contributed by atoms with Crippen LogP contribution < -0.4 is 5.32 Å². The van der Waals surface area contributed by atoms with Gasteiger partial charge in [0.2, 0.25) is 5.91 Å². The lowest BCUT2D eigenvalue weighted by molar-refractivity contribution is -0.116. The van der Waals surface area contributed by atoms with E-state index in [0.717, 1.165) is 31.6 Å². The van der Waals surface area contributed by atoms with Crippen LogP contribution in [-0.2, 0) is 16.6 Å². The third kappa shape index (κ3) is 2.77. The number of aromatic nitrogens is 2. The van der Waals surface area contributed by atoms with Crippen LogP contribution in [-0.4, -0.2) is 28.8 Å². The Labute approximate surface area is 119 Å². The number of allylic oxidation sites excluding steroid dienone is 1. The second-order valence-corrected chi connectivity index (χ2v) is 5.62. The second kappa shape index (κ2) is 5.79. The van der Waals surface area contributed by atoms with Crippen molar-refractivity contribution >= 4 is 5.91 Å². The highest BCUT2D eigenvalue weighted by Crippen LogP contribution is 2.33. The van der Waals surface area contributed by atoms with Crippen LogP contribution in [0.4, 0.5) is 0 Å². The van der Waals surface area contributed by atoms with Crippen LogP contribution >= 0.6 is 0 Å². The first-order valence-electron chi connectivity index (χ1n) is 7.31. The van der Waals surface area contributed by atoms with Crippen molar-refractivity contribution in [2.75, 3.05) is 13.2 Å². The van der Waals surface area contributed by atoms with Crippen molar-refractivity contribution in [1.29, 1.82) is 0 Å². The summed E-state index contributed by atoms with van der Waals surface area (Å²) in [6.07, 6.45) is 7.95. The van der Waals surface area contributed by atoms with Gasteiger partial charge < -0.3 is 10.1 Å². The number of hydrogen-bond acceptors (Lipinski definition) is 3. The normalized spacial score (nSPS) is 25.4. The van der Waals surface area contributed by atoms with Crippen LogP contribution in [0, 0.1) is 5.92 Å². The minimum atomic E-state index is 0.0374. The van der Waals surface area contributed by atoms with Gasteiger partial charge in [0.05, 0.1) is 5.69 Å². The van der Waals surface area contributed by atoms with E-state index in [0.29, 0.717) is 12.5 Å². The Hall–Kier alpha value is -1.62. The molecular formula is C15H21N3O2. The van der Waals surface area contributed by atoms with Crippen LogP contribution in [0.3, 0.4) is 0 Å². The Bertz CT molecular complexity index is 515. The van der Waals surface area contributed by atoms with Crippen LogP contribution in [0.25, 0.3) is 0 Å². The molecule has 0 bridgehead atoms. The number of hydrogen-bond donors (Lipinski definition) is 1. The van der Waals surface area contributed by atoms with Crippen molar-refractivity contribution in [1.82, 2.24) is 15.1 Å². The molecule has 0 unspecified atom stereocenters. The van der Waals surface area contributed by atoms with Crippen molar-refractivity contribution < 1.29 is 9.53 Å². The fraction of sp³-hybridized carbons (Fsp3) is 0.600. The van der Waals surface area contributed by atoms with E-state index in [4.69, 9.17) is 4.74 Å². The molecule has 108 valence electrons. The predicted octanol–water partition coefficient (Wildman–Crippen LogP) is 1.72. The average molecular weight is 275 g/mol. The molecule has 3 rings (SSSR count). The van der Waals surface area contributed by atoms with Crippen molar-refractivity contribution in [3.05, 3.63) is 29.6 Å². The maximum Gasteiger partial charge on any atom is 0.243 e. The van der Waals surface area contributed by atoms with E-state index in [-0.39, 0.29) is 12.0 Å². The van der Waals surface area contributed by atoms with Gasteiger partial charge in [0, 0.05) is 38.4 Å². The number of nitrogens with one attached hydrogen (secondary N) is 1. The van der Waals surface area contributed by atoms with E-state index in [2.05, 4.69) is 10.4 Å². The van der Waals surface area contributed by atoms with E-state index >= 15 is 0 Å².